The number of thioether (sulfide) groups is 2. The molecule has 0 saturated heterocycles. The van der Waals surface area contributed by atoms with Crippen molar-refractivity contribution in [1.29, 1.82) is 0 Å². The molecule has 92 valence electrons. The zero-order valence-electron chi connectivity index (χ0n) is 11.0. The maximum Gasteiger partial charge on any atom is 0.0150 e. The lowest BCUT2D eigenvalue weighted by molar-refractivity contribution is 1.11. The van der Waals surface area contributed by atoms with Crippen molar-refractivity contribution >= 4 is 29.6 Å². The molecular weight excluding hydrogens is 244 g/mol. The Balaban J connectivity index is 2.24. The molecule has 0 spiro atoms. The monoisotopic (exact) mass is 264 g/mol. The van der Waals surface area contributed by atoms with Crippen molar-refractivity contribution in [3.05, 3.63) is 34.2 Å². The fraction of sp³-hybridized carbons (Fsp3) is 0.467. The van der Waals surface area contributed by atoms with E-state index in [1.165, 1.54) is 20.9 Å². The van der Waals surface area contributed by atoms with Gasteiger partial charge in [-0.05, 0) is 28.2 Å². The zero-order chi connectivity index (χ0) is 12.4. The average Bonchev–Trinajstić information content (AvgIpc) is 2.59. The first kappa shape index (κ1) is 13.1. The van der Waals surface area contributed by atoms with E-state index in [0.717, 1.165) is 6.42 Å². The molecule has 0 heterocycles. The van der Waals surface area contributed by atoms with Gasteiger partial charge in [0, 0.05) is 21.8 Å². The molecule has 0 radical (unpaired) electrons. The Morgan fingerprint density at radius 1 is 1.00 bits per heavy atom. The number of allylic oxidation sites excluding steroid dienone is 1. The van der Waals surface area contributed by atoms with Crippen LogP contribution >= 0.6 is 23.5 Å². The molecule has 0 fully saturated rings. The van der Waals surface area contributed by atoms with Gasteiger partial charge in [-0.15, -0.1) is 23.5 Å². The molecule has 0 N–H and O–H groups in total. The number of fused-ring (bicyclic) bond motifs is 1. The van der Waals surface area contributed by atoms with Gasteiger partial charge < -0.3 is 0 Å². The summed E-state index contributed by atoms with van der Waals surface area (Å²) in [6.45, 7) is 9.04. The summed E-state index contributed by atoms with van der Waals surface area (Å²) in [7, 11) is 0. The van der Waals surface area contributed by atoms with E-state index in [1.807, 2.05) is 23.5 Å². The highest BCUT2D eigenvalue weighted by atomic mass is 32.2. The van der Waals surface area contributed by atoms with Crippen LogP contribution < -0.4 is 0 Å². The summed E-state index contributed by atoms with van der Waals surface area (Å²) in [5.41, 5.74) is 2.97. The summed E-state index contributed by atoms with van der Waals surface area (Å²) in [4.78, 5) is 2.96. The Morgan fingerprint density at radius 3 is 2.35 bits per heavy atom. The van der Waals surface area contributed by atoms with E-state index < -0.39 is 0 Å². The van der Waals surface area contributed by atoms with Crippen LogP contribution in [0.2, 0.25) is 0 Å². The third kappa shape index (κ3) is 3.32. The number of rotatable bonds is 4. The van der Waals surface area contributed by atoms with Crippen LogP contribution in [0.3, 0.4) is 0 Å². The van der Waals surface area contributed by atoms with Crippen LogP contribution in [0.15, 0.2) is 28.0 Å². The first-order valence-electron chi connectivity index (χ1n) is 6.22. The maximum atomic E-state index is 2.39. The van der Waals surface area contributed by atoms with E-state index >= 15 is 0 Å². The summed E-state index contributed by atoms with van der Waals surface area (Å²) in [5, 5.41) is 1.33. The van der Waals surface area contributed by atoms with Gasteiger partial charge in [-0.2, -0.15) is 0 Å². The lowest BCUT2D eigenvalue weighted by Crippen LogP contribution is -1.90. The quantitative estimate of drug-likeness (QED) is 0.683. The molecule has 0 aromatic heterocycles. The van der Waals surface area contributed by atoms with Crippen molar-refractivity contribution in [3.8, 4) is 0 Å². The molecule has 0 aliphatic heterocycles. The van der Waals surface area contributed by atoms with E-state index in [4.69, 9.17) is 0 Å². The molecule has 1 aliphatic rings. The minimum absolute atomic E-state index is 0.650. The van der Waals surface area contributed by atoms with Crippen molar-refractivity contribution in [2.75, 3.05) is 0 Å². The first-order chi connectivity index (χ1) is 8.06. The fourth-order valence-corrected chi connectivity index (χ4v) is 4.05. The third-order valence-corrected chi connectivity index (χ3v) is 4.69. The van der Waals surface area contributed by atoms with Crippen molar-refractivity contribution in [2.24, 2.45) is 0 Å². The Morgan fingerprint density at radius 2 is 1.71 bits per heavy atom. The molecule has 0 saturated carbocycles. The van der Waals surface area contributed by atoms with E-state index in [1.54, 1.807) is 0 Å². The minimum atomic E-state index is 0.650. The molecule has 0 nitrogen and oxygen atoms in total. The Bertz CT molecular complexity index is 431. The van der Waals surface area contributed by atoms with Crippen LogP contribution in [0.1, 0.15) is 38.8 Å². The lowest BCUT2D eigenvalue weighted by Gasteiger charge is -2.09. The van der Waals surface area contributed by atoms with E-state index in [2.05, 4.69) is 52.0 Å². The van der Waals surface area contributed by atoms with Gasteiger partial charge in [-0.25, -0.2) is 0 Å². The SMILES string of the molecule is CC(C)SC1=Cc2c(cccc2SC(C)C)C1. The third-order valence-electron chi connectivity index (χ3n) is 2.58. The summed E-state index contributed by atoms with van der Waals surface area (Å²) >= 11 is 3.97. The van der Waals surface area contributed by atoms with Gasteiger partial charge in [-0.3, -0.25) is 0 Å². The number of benzene rings is 1. The Hall–Kier alpha value is -0.340. The summed E-state index contributed by atoms with van der Waals surface area (Å²) < 4.78 is 0. The smallest absolute Gasteiger partial charge is 0.0150 e. The van der Waals surface area contributed by atoms with Gasteiger partial charge >= 0.3 is 0 Å². The van der Waals surface area contributed by atoms with Crippen LogP contribution in [0, 0.1) is 0 Å². The van der Waals surface area contributed by atoms with E-state index in [-0.39, 0.29) is 0 Å². The van der Waals surface area contributed by atoms with Crippen molar-refractivity contribution < 1.29 is 0 Å². The van der Waals surface area contributed by atoms with Gasteiger partial charge in [0.05, 0.1) is 0 Å². The molecular formula is C15H20S2. The molecule has 1 aromatic carbocycles. The van der Waals surface area contributed by atoms with Crippen molar-refractivity contribution in [1.82, 2.24) is 0 Å². The lowest BCUT2D eigenvalue weighted by atomic mass is 10.1. The second-order valence-corrected chi connectivity index (χ2v) is 8.27. The standard InChI is InChI=1S/C15H20S2/c1-10(2)16-13-8-12-6-5-7-15(14(12)9-13)17-11(3)4/h5-7,9-11H,8H2,1-4H3. The molecule has 2 rings (SSSR count). The predicted molar refractivity (Wildman–Crippen MR) is 81.8 cm³/mol. The number of hydrogen-bond donors (Lipinski definition) is 0. The first-order valence-corrected chi connectivity index (χ1v) is 7.98. The Kier molecular flexibility index (Phi) is 4.26. The van der Waals surface area contributed by atoms with Crippen LogP contribution in [-0.2, 0) is 6.42 Å². The highest BCUT2D eigenvalue weighted by Gasteiger charge is 2.17. The maximum absolute atomic E-state index is 2.39. The molecule has 2 heteroatoms. The van der Waals surface area contributed by atoms with Crippen LogP contribution in [0.4, 0.5) is 0 Å². The molecule has 0 atom stereocenters. The van der Waals surface area contributed by atoms with Crippen LogP contribution in [0.5, 0.6) is 0 Å². The minimum Gasteiger partial charge on any atom is -0.127 e. The van der Waals surface area contributed by atoms with Crippen LogP contribution in [0.25, 0.3) is 6.08 Å². The van der Waals surface area contributed by atoms with Gasteiger partial charge in [0.15, 0.2) is 0 Å². The van der Waals surface area contributed by atoms with Gasteiger partial charge in [0.25, 0.3) is 0 Å². The molecule has 1 aliphatic carbocycles. The average molecular weight is 264 g/mol. The summed E-state index contributed by atoms with van der Waals surface area (Å²) in [6, 6.07) is 6.72. The van der Waals surface area contributed by atoms with Crippen molar-refractivity contribution in [3.63, 3.8) is 0 Å². The second-order valence-electron chi connectivity index (χ2n) is 4.95. The van der Waals surface area contributed by atoms with E-state index in [9.17, 15) is 0 Å². The highest BCUT2D eigenvalue weighted by molar-refractivity contribution is 8.03. The normalized spacial score (nSPS) is 14.4. The number of hydrogen-bond acceptors (Lipinski definition) is 2. The van der Waals surface area contributed by atoms with Crippen molar-refractivity contribution in [2.45, 2.75) is 49.5 Å². The van der Waals surface area contributed by atoms with E-state index in [0.29, 0.717) is 10.5 Å². The molecule has 1 aromatic rings. The molecule has 0 bridgehead atoms. The zero-order valence-corrected chi connectivity index (χ0v) is 12.6. The summed E-state index contributed by atoms with van der Waals surface area (Å²) in [6.07, 6.45) is 3.52. The van der Waals surface area contributed by atoms with Crippen LogP contribution in [-0.4, -0.2) is 10.5 Å². The molecule has 0 amide bonds. The fourth-order valence-electron chi connectivity index (χ4n) is 2.04. The Labute approximate surface area is 113 Å². The largest absolute Gasteiger partial charge is 0.127 e. The highest BCUT2D eigenvalue weighted by Crippen LogP contribution is 2.39. The van der Waals surface area contributed by atoms with Gasteiger partial charge in [0.2, 0.25) is 0 Å². The van der Waals surface area contributed by atoms with Gasteiger partial charge in [0.1, 0.15) is 0 Å². The predicted octanol–water partition coefficient (Wildman–Crippen LogP) is 5.23. The topological polar surface area (TPSA) is 0 Å². The summed E-state index contributed by atoms with van der Waals surface area (Å²) in [5.74, 6) is 0. The second kappa shape index (κ2) is 5.53. The van der Waals surface area contributed by atoms with Gasteiger partial charge in [-0.1, -0.05) is 39.8 Å². The molecule has 0 unspecified atom stereocenters. The molecule has 17 heavy (non-hydrogen) atoms.